The molecule has 0 spiro atoms. The van der Waals surface area contributed by atoms with Crippen LogP contribution in [0.15, 0.2) is 29.4 Å². The lowest BCUT2D eigenvalue weighted by molar-refractivity contribution is -0.152. The summed E-state index contributed by atoms with van der Waals surface area (Å²) in [6.45, 7) is 3.52. The van der Waals surface area contributed by atoms with Gasteiger partial charge in [0.05, 0.1) is 19.1 Å². The smallest absolute Gasteiger partial charge is 0.354 e. The Morgan fingerprint density at radius 2 is 2.17 bits per heavy atom. The average Bonchev–Trinajstić information content (AvgIpc) is 2.53. The molecule has 0 aromatic heterocycles. The number of carbonyl (C=O) groups is 2. The lowest BCUT2D eigenvalue weighted by atomic mass is 9.63. The molecule has 23 heavy (non-hydrogen) atoms. The van der Waals surface area contributed by atoms with Crippen LogP contribution in [0.1, 0.15) is 31.7 Å². The van der Waals surface area contributed by atoms with Gasteiger partial charge < -0.3 is 15.3 Å². The van der Waals surface area contributed by atoms with Gasteiger partial charge in [-0.25, -0.2) is 4.79 Å². The van der Waals surface area contributed by atoms with Crippen LogP contribution in [0.25, 0.3) is 0 Å². The Balaban J connectivity index is 2.71. The summed E-state index contributed by atoms with van der Waals surface area (Å²) in [4.78, 5) is 24.3. The van der Waals surface area contributed by atoms with Crippen molar-refractivity contribution in [2.45, 2.75) is 32.2 Å². The lowest BCUT2D eigenvalue weighted by Gasteiger charge is -2.43. The van der Waals surface area contributed by atoms with Gasteiger partial charge >= 0.3 is 11.9 Å². The molecule has 1 heterocycles. The predicted molar refractivity (Wildman–Crippen MR) is 86.6 cm³/mol. The van der Waals surface area contributed by atoms with Crippen molar-refractivity contribution < 1.29 is 19.4 Å². The summed E-state index contributed by atoms with van der Waals surface area (Å²) >= 11 is 6.06. The Bertz CT molecular complexity index is 661. The molecular formula is C16H19ClN2O4. The Morgan fingerprint density at radius 1 is 1.48 bits per heavy atom. The zero-order chi connectivity index (χ0) is 17.2. The summed E-state index contributed by atoms with van der Waals surface area (Å²) < 4.78 is 4.79. The molecule has 0 aliphatic carbocycles. The van der Waals surface area contributed by atoms with E-state index in [2.05, 4.69) is 10.5 Å². The van der Waals surface area contributed by atoms with E-state index in [9.17, 15) is 14.7 Å². The van der Waals surface area contributed by atoms with Gasteiger partial charge in [0.15, 0.2) is 5.71 Å². The van der Waals surface area contributed by atoms with Crippen LogP contribution in [0.3, 0.4) is 0 Å². The predicted octanol–water partition coefficient (Wildman–Crippen LogP) is 2.43. The van der Waals surface area contributed by atoms with Crippen molar-refractivity contribution in [2.24, 2.45) is 10.5 Å². The number of carboxylic acid groups (broad SMARTS) is 1. The van der Waals surface area contributed by atoms with Crippen LogP contribution >= 0.6 is 11.6 Å². The first-order chi connectivity index (χ1) is 10.9. The molecular weight excluding hydrogens is 320 g/mol. The Kier molecular flexibility index (Phi) is 4.94. The minimum atomic E-state index is -1.24. The van der Waals surface area contributed by atoms with Crippen molar-refractivity contribution in [1.29, 1.82) is 0 Å². The Labute approximate surface area is 139 Å². The molecule has 1 aliphatic heterocycles. The van der Waals surface area contributed by atoms with Gasteiger partial charge in [-0.1, -0.05) is 30.7 Å². The molecule has 0 amide bonds. The molecule has 2 rings (SSSR count). The second kappa shape index (κ2) is 6.58. The zero-order valence-corrected chi connectivity index (χ0v) is 13.9. The topological polar surface area (TPSA) is 88.0 Å². The standard InChI is InChI=1S/C16H19ClN2O4/c1-4-16(15(21)22)9(2)18-19-13(14(20)23-3)12(16)10-6-5-7-11(17)8-10/h5-9,12,18H,4H2,1-3H3,(H,21,22). The normalized spacial score (nSPS) is 26.9. The van der Waals surface area contributed by atoms with E-state index in [1.165, 1.54) is 7.11 Å². The third-order valence-corrected chi connectivity index (χ3v) is 4.73. The maximum atomic E-state index is 12.2. The van der Waals surface area contributed by atoms with E-state index < -0.39 is 29.3 Å². The van der Waals surface area contributed by atoms with Gasteiger partial charge in [-0.05, 0) is 31.0 Å². The van der Waals surface area contributed by atoms with Crippen LogP contribution in [-0.4, -0.2) is 35.9 Å². The number of hydrogen-bond donors (Lipinski definition) is 2. The van der Waals surface area contributed by atoms with Gasteiger partial charge in [-0.2, -0.15) is 5.10 Å². The molecule has 0 saturated carbocycles. The molecule has 0 saturated heterocycles. The summed E-state index contributed by atoms with van der Waals surface area (Å²) in [6.07, 6.45) is 0.309. The number of nitrogens with one attached hydrogen (secondary N) is 1. The summed E-state index contributed by atoms with van der Waals surface area (Å²) in [5, 5.41) is 14.5. The quantitative estimate of drug-likeness (QED) is 0.823. The van der Waals surface area contributed by atoms with Crippen molar-refractivity contribution in [3.8, 4) is 0 Å². The number of rotatable bonds is 4. The van der Waals surface area contributed by atoms with E-state index in [1.807, 2.05) is 0 Å². The first-order valence-electron chi connectivity index (χ1n) is 7.28. The SMILES string of the molecule is CCC1(C(=O)O)C(C)NN=C(C(=O)OC)C1c1cccc(Cl)c1. The Hall–Kier alpha value is -2.08. The molecule has 3 atom stereocenters. The number of halogens is 1. The van der Waals surface area contributed by atoms with Crippen molar-refractivity contribution in [3.05, 3.63) is 34.9 Å². The highest BCUT2D eigenvalue weighted by Crippen LogP contribution is 2.46. The first-order valence-corrected chi connectivity index (χ1v) is 7.66. The number of esters is 1. The van der Waals surface area contributed by atoms with Gasteiger partial charge in [-0.3, -0.25) is 4.79 Å². The van der Waals surface area contributed by atoms with Crippen molar-refractivity contribution in [2.75, 3.05) is 7.11 Å². The summed E-state index contributed by atoms with van der Waals surface area (Å²) in [6, 6.07) is 6.36. The maximum Gasteiger partial charge on any atom is 0.354 e. The summed E-state index contributed by atoms with van der Waals surface area (Å²) in [5.74, 6) is -2.41. The van der Waals surface area contributed by atoms with E-state index in [0.717, 1.165) is 0 Å². The van der Waals surface area contributed by atoms with Gasteiger partial charge in [0.1, 0.15) is 5.41 Å². The number of aliphatic carboxylic acids is 1. The van der Waals surface area contributed by atoms with Crippen LogP contribution in [0.5, 0.6) is 0 Å². The second-order valence-electron chi connectivity index (χ2n) is 5.53. The number of methoxy groups -OCH3 is 1. The average molecular weight is 339 g/mol. The Morgan fingerprint density at radius 3 is 2.70 bits per heavy atom. The number of hydrazone groups is 1. The molecule has 1 aliphatic rings. The van der Waals surface area contributed by atoms with Crippen LogP contribution in [0, 0.1) is 5.41 Å². The molecule has 6 nitrogen and oxygen atoms in total. The van der Waals surface area contributed by atoms with Gasteiger partial charge in [0, 0.05) is 5.02 Å². The number of nitrogens with zero attached hydrogens (tertiary/aromatic N) is 1. The molecule has 0 radical (unpaired) electrons. The largest absolute Gasteiger partial charge is 0.481 e. The van der Waals surface area contributed by atoms with E-state index in [-0.39, 0.29) is 5.71 Å². The number of ether oxygens (including phenoxy) is 1. The molecule has 2 N–H and O–H groups in total. The van der Waals surface area contributed by atoms with Crippen LogP contribution < -0.4 is 5.43 Å². The third kappa shape index (κ3) is 2.79. The summed E-state index contributed by atoms with van der Waals surface area (Å²) in [7, 11) is 1.24. The number of carbonyl (C=O) groups excluding carboxylic acids is 1. The van der Waals surface area contributed by atoms with Crippen LogP contribution in [-0.2, 0) is 14.3 Å². The van der Waals surface area contributed by atoms with Gasteiger partial charge in [-0.15, -0.1) is 0 Å². The number of carboxylic acids is 1. The molecule has 0 bridgehead atoms. The van der Waals surface area contributed by atoms with E-state index in [4.69, 9.17) is 16.3 Å². The monoisotopic (exact) mass is 338 g/mol. The second-order valence-corrected chi connectivity index (χ2v) is 5.96. The molecule has 0 fully saturated rings. The van der Waals surface area contributed by atoms with Crippen molar-refractivity contribution in [1.82, 2.24) is 5.43 Å². The number of benzene rings is 1. The molecule has 1 aromatic carbocycles. The van der Waals surface area contributed by atoms with Crippen LogP contribution in [0.2, 0.25) is 5.02 Å². The third-order valence-electron chi connectivity index (χ3n) is 4.50. The van der Waals surface area contributed by atoms with E-state index in [0.29, 0.717) is 17.0 Å². The minimum Gasteiger partial charge on any atom is -0.481 e. The zero-order valence-electron chi connectivity index (χ0n) is 13.2. The maximum absolute atomic E-state index is 12.2. The fourth-order valence-corrected chi connectivity index (χ4v) is 3.42. The fraction of sp³-hybridized carbons (Fsp3) is 0.438. The first kappa shape index (κ1) is 17.3. The minimum absolute atomic E-state index is 0.0390. The van der Waals surface area contributed by atoms with Crippen molar-refractivity contribution in [3.63, 3.8) is 0 Å². The number of hydrogen-bond acceptors (Lipinski definition) is 5. The summed E-state index contributed by atoms with van der Waals surface area (Å²) in [5.41, 5.74) is 2.18. The highest BCUT2D eigenvalue weighted by molar-refractivity contribution is 6.39. The fourth-order valence-electron chi connectivity index (χ4n) is 3.22. The van der Waals surface area contributed by atoms with E-state index >= 15 is 0 Å². The molecule has 1 aromatic rings. The van der Waals surface area contributed by atoms with Crippen molar-refractivity contribution >= 4 is 29.3 Å². The molecule has 124 valence electrons. The van der Waals surface area contributed by atoms with Gasteiger partial charge in [0.25, 0.3) is 0 Å². The highest BCUT2D eigenvalue weighted by Gasteiger charge is 2.55. The lowest BCUT2D eigenvalue weighted by Crippen LogP contribution is -2.57. The van der Waals surface area contributed by atoms with Crippen LogP contribution in [0.4, 0.5) is 0 Å². The molecule has 3 unspecified atom stereocenters. The molecule has 7 heteroatoms. The highest BCUT2D eigenvalue weighted by atomic mass is 35.5. The van der Waals surface area contributed by atoms with E-state index in [1.54, 1.807) is 38.1 Å². The van der Waals surface area contributed by atoms with Gasteiger partial charge in [0.2, 0.25) is 0 Å².